The highest BCUT2D eigenvalue weighted by Crippen LogP contribution is 2.38. The highest BCUT2D eigenvalue weighted by molar-refractivity contribution is 5.88. The molecule has 1 aliphatic heterocycles. The number of aromatic nitrogens is 2. The van der Waals surface area contributed by atoms with E-state index in [-0.39, 0.29) is 17.4 Å². The van der Waals surface area contributed by atoms with Crippen molar-refractivity contribution in [2.45, 2.75) is 25.3 Å². The number of hydrogen-bond acceptors (Lipinski definition) is 5. The van der Waals surface area contributed by atoms with Gasteiger partial charge in [-0.3, -0.25) is 0 Å². The second kappa shape index (κ2) is 10.2. The predicted octanol–water partition coefficient (Wildman–Crippen LogP) is 5.26. The van der Waals surface area contributed by atoms with E-state index in [1.54, 1.807) is 19.2 Å². The van der Waals surface area contributed by atoms with Crippen molar-refractivity contribution in [3.05, 3.63) is 118 Å². The van der Waals surface area contributed by atoms with Gasteiger partial charge in [0.05, 0.1) is 24.4 Å². The van der Waals surface area contributed by atoms with Crippen LogP contribution >= 0.6 is 0 Å². The number of carbonyl (C=O) groups is 1. The Morgan fingerprint density at radius 3 is 2.67 bits per heavy atom. The first-order chi connectivity index (χ1) is 17.5. The number of benzene rings is 3. The molecule has 5 rings (SSSR count). The van der Waals surface area contributed by atoms with Crippen LogP contribution in [0.3, 0.4) is 0 Å². The maximum atomic E-state index is 13.3. The molecule has 1 aliphatic rings. The van der Waals surface area contributed by atoms with Crippen LogP contribution in [0.5, 0.6) is 5.75 Å². The summed E-state index contributed by atoms with van der Waals surface area (Å²) in [5, 5.41) is 9.76. The van der Waals surface area contributed by atoms with Gasteiger partial charge in [-0.1, -0.05) is 48.5 Å². The maximum absolute atomic E-state index is 13.3. The molecule has 182 valence electrons. The number of hydrogen-bond donors (Lipinski definition) is 1. The molecule has 0 fully saturated rings. The third kappa shape index (κ3) is 4.77. The van der Waals surface area contributed by atoms with E-state index in [1.807, 2.05) is 30.3 Å². The van der Waals surface area contributed by atoms with Gasteiger partial charge in [0.1, 0.15) is 11.6 Å². The molecule has 0 saturated carbocycles. The minimum absolute atomic E-state index is 0.0798. The van der Waals surface area contributed by atoms with Gasteiger partial charge in [0.15, 0.2) is 0 Å². The molecule has 1 atom stereocenters. The van der Waals surface area contributed by atoms with Gasteiger partial charge < -0.3 is 14.7 Å². The summed E-state index contributed by atoms with van der Waals surface area (Å²) in [6.07, 6.45) is 3.16. The van der Waals surface area contributed by atoms with Crippen molar-refractivity contribution < 1.29 is 19.0 Å². The highest BCUT2D eigenvalue weighted by atomic mass is 19.1. The van der Waals surface area contributed by atoms with Gasteiger partial charge >= 0.3 is 5.97 Å². The predicted molar refractivity (Wildman–Crippen MR) is 135 cm³/mol. The summed E-state index contributed by atoms with van der Waals surface area (Å²) in [6.45, 7) is 0.683. The number of aromatic carboxylic acids is 1. The smallest absolute Gasteiger partial charge is 0.339 e. The Hall–Kier alpha value is -4.26. The van der Waals surface area contributed by atoms with Gasteiger partial charge in [0.25, 0.3) is 0 Å². The number of methoxy groups -OCH3 is 1. The molecular weight excluding hydrogens is 457 g/mol. The number of carboxylic acid groups (broad SMARTS) is 1. The molecule has 3 aromatic carbocycles. The van der Waals surface area contributed by atoms with Gasteiger partial charge in [-0.05, 0) is 65.8 Å². The summed E-state index contributed by atoms with van der Waals surface area (Å²) in [4.78, 5) is 23.3. The molecule has 0 amide bonds. The van der Waals surface area contributed by atoms with Crippen molar-refractivity contribution in [1.29, 1.82) is 0 Å². The Morgan fingerprint density at radius 1 is 1.08 bits per heavy atom. The number of ether oxygens (including phenoxy) is 1. The largest absolute Gasteiger partial charge is 0.497 e. The number of anilines is 1. The van der Waals surface area contributed by atoms with E-state index in [4.69, 9.17) is 9.72 Å². The lowest BCUT2D eigenvalue weighted by Gasteiger charge is -2.38. The number of nitrogens with zero attached hydrogens (tertiary/aromatic N) is 3. The van der Waals surface area contributed by atoms with Crippen LogP contribution in [0.1, 0.15) is 44.3 Å². The second-order valence-corrected chi connectivity index (χ2v) is 8.78. The van der Waals surface area contributed by atoms with Crippen molar-refractivity contribution in [3.63, 3.8) is 0 Å². The molecule has 1 aromatic heterocycles. The first-order valence-corrected chi connectivity index (χ1v) is 11.9. The van der Waals surface area contributed by atoms with Gasteiger partial charge in [-0.2, -0.15) is 0 Å². The zero-order chi connectivity index (χ0) is 25.1. The summed E-state index contributed by atoms with van der Waals surface area (Å²) < 4.78 is 18.8. The number of rotatable bonds is 7. The molecule has 4 aromatic rings. The molecule has 0 bridgehead atoms. The van der Waals surface area contributed by atoms with Gasteiger partial charge in [0.2, 0.25) is 5.95 Å². The fraction of sp³-hybridized carbons (Fsp3) is 0.207. The van der Waals surface area contributed by atoms with E-state index < -0.39 is 5.97 Å². The highest BCUT2D eigenvalue weighted by Gasteiger charge is 2.31. The third-order valence-corrected chi connectivity index (χ3v) is 6.60. The van der Waals surface area contributed by atoms with Crippen LogP contribution < -0.4 is 9.64 Å². The van der Waals surface area contributed by atoms with Crippen molar-refractivity contribution in [1.82, 2.24) is 9.97 Å². The van der Waals surface area contributed by atoms with Gasteiger partial charge in [-0.15, -0.1) is 0 Å². The van der Waals surface area contributed by atoms with Gasteiger partial charge in [-0.25, -0.2) is 19.2 Å². The molecule has 0 unspecified atom stereocenters. The molecule has 0 spiro atoms. The summed E-state index contributed by atoms with van der Waals surface area (Å²) in [7, 11) is 1.65. The average Bonchev–Trinajstić information content (AvgIpc) is 2.92. The minimum atomic E-state index is -1.07. The zero-order valence-electron chi connectivity index (χ0n) is 19.9. The van der Waals surface area contributed by atoms with E-state index in [0.717, 1.165) is 28.9 Å². The quantitative estimate of drug-likeness (QED) is 0.387. The number of carboxylic acids is 1. The number of fused-ring (bicyclic) bond motifs is 1. The number of halogens is 1. The Kier molecular flexibility index (Phi) is 6.62. The first kappa shape index (κ1) is 23.5. The lowest BCUT2D eigenvalue weighted by atomic mass is 9.88. The molecule has 6 nitrogen and oxygen atoms in total. The maximum Gasteiger partial charge on any atom is 0.339 e. The normalized spacial score (nSPS) is 14.8. The monoisotopic (exact) mass is 483 g/mol. The van der Waals surface area contributed by atoms with Crippen molar-refractivity contribution in [3.8, 4) is 5.75 Å². The summed E-state index contributed by atoms with van der Waals surface area (Å²) in [5.41, 5.74) is 4.92. The van der Waals surface area contributed by atoms with E-state index in [9.17, 15) is 14.3 Å². The summed E-state index contributed by atoms with van der Waals surface area (Å²) in [5.74, 6) is -0.124. The van der Waals surface area contributed by atoms with Crippen LogP contribution in [0, 0.1) is 5.82 Å². The van der Waals surface area contributed by atoms with Crippen LogP contribution in [0.4, 0.5) is 10.3 Å². The van der Waals surface area contributed by atoms with Crippen LogP contribution in [0.15, 0.2) is 79.0 Å². The lowest BCUT2D eigenvalue weighted by molar-refractivity contribution is 0.0694. The molecule has 2 heterocycles. The van der Waals surface area contributed by atoms with Crippen molar-refractivity contribution in [2.24, 2.45) is 0 Å². The van der Waals surface area contributed by atoms with E-state index >= 15 is 0 Å². The van der Waals surface area contributed by atoms with Crippen LogP contribution in [-0.2, 0) is 19.3 Å². The molecule has 0 saturated heterocycles. The third-order valence-electron chi connectivity index (χ3n) is 6.60. The van der Waals surface area contributed by atoms with E-state index in [1.165, 1.54) is 23.9 Å². The Morgan fingerprint density at radius 2 is 1.89 bits per heavy atom. The van der Waals surface area contributed by atoms with Crippen molar-refractivity contribution >= 4 is 11.9 Å². The van der Waals surface area contributed by atoms with Crippen LogP contribution in [0.25, 0.3) is 0 Å². The fourth-order valence-corrected chi connectivity index (χ4v) is 4.78. The van der Waals surface area contributed by atoms with Crippen molar-refractivity contribution in [2.75, 3.05) is 18.6 Å². The Bertz CT molecular complexity index is 1390. The molecule has 1 N–H and O–H groups in total. The molecule has 36 heavy (non-hydrogen) atoms. The Labute approximate surface area is 209 Å². The average molecular weight is 484 g/mol. The Balaban J connectivity index is 1.54. The SMILES string of the molecule is COc1cccc([C@@H]2c3ccccc3CCN2c2ncc(C(=O)O)c(CCc3ccc(F)cc3)n2)c1. The molecular formula is C29H26FN3O3. The van der Waals surface area contributed by atoms with E-state index in [2.05, 4.69) is 28.1 Å². The number of aryl methyl sites for hydroxylation is 2. The molecule has 0 aliphatic carbocycles. The van der Waals surface area contributed by atoms with Gasteiger partial charge in [0, 0.05) is 12.7 Å². The molecule has 0 radical (unpaired) electrons. The second-order valence-electron chi connectivity index (χ2n) is 8.78. The summed E-state index contributed by atoms with van der Waals surface area (Å²) >= 11 is 0. The topological polar surface area (TPSA) is 75.5 Å². The lowest BCUT2D eigenvalue weighted by Crippen LogP contribution is -2.37. The summed E-state index contributed by atoms with van der Waals surface area (Å²) in [6, 6.07) is 22.4. The minimum Gasteiger partial charge on any atom is -0.497 e. The fourth-order valence-electron chi connectivity index (χ4n) is 4.78. The zero-order valence-corrected chi connectivity index (χ0v) is 19.9. The first-order valence-electron chi connectivity index (χ1n) is 11.9. The molecule has 7 heteroatoms. The van der Waals surface area contributed by atoms with Crippen LogP contribution in [0.2, 0.25) is 0 Å². The van der Waals surface area contributed by atoms with E-state index in [0.29, 0.717) is 31.0 Å². The van der Waals surface area contributed by atoms with Crippen LogP contribution in [-0.4, -0.2) is 34.7 Å². The standard InChI is InChI=1S/C29H26FN3O3/c1-36-23-7-4-6-21(17-23)27-24-8-3-2-5-20(24)15-16-33(27)29-31-18-25(28(34)35)26(32-29)14-11-19-9-12-22(30)13-10-19/h2-10,12-13,17-18,27H,11,14-16H2,1H3,(H,34,35)/t27-/m1/s1.